The second kappa shape index (κ2) is 7.53. The summed E-state index contributed by atoms with van der Waals surface area (Å²) in [5, 5.41) is 0. The molecule has 5 nitrogen and oxygen atoms in total. The van der Waals surface area contributed by atoms with E-state index in [1.54, 1.807) is 24.8 Å². The Bertz CT molecular complexity index is 771. The lowest BCUT2D eigenvalue weighted by Gasteiger charge is -2.33. The molecule has 0 bridgehead atoms. The summed E-state index contributed by atoms with van der Waals surface area (Å²) in [6, 6.07) is 17.7. The van der Waals surface area contributed by atoms with Crippen molar-refractivity contribution in [1.29, 1.82) is 0 Å². The van der Waals surface area contributed by atoms with Gasteiger partial charge in [-0.05, 0) is 47.5 Å². The maximum Gasteiger partial charge on any atom is 0.133 e. The molecular weight excluding hydrogens is 322 g/mol. The third-order valence-corrected chi connectivity index (χ3v) is 4.08. The molecule has 126 valence electrons. The molecule has 4 aromatic heterocycles. The Morgan fingerprint density at radius 1 is 0.615 bits per heavy atom. The number of anilines is 2. The molecule has 0 N–H and O–H groups in total. The second-order valence-corrected chi connectivity index (χ2v) is 5.74. The van der Waals surface area contributed by atoms with Crippen LogP contribution in [0.15, 0.2) is 98.0 Å². The number of pyridine rings is 4. The fraction of sp³-hybridized carbons (Fsp3) is 0.0476. The van der Waals surface area contributed by atoms with Gasteiger partial charge >= 0.3 is 0 Å². The molecule has 4 aromatic rings. The van der Waals surface area contributed by atoms with Crippen LogP contribution < -0.4 is 4.90 Å². The summed E-state index contributed by atoms with van der Waals surface area (Å²) in [6.45, 7) is 0. The SMILES string of the molecule is c1ccc(N(c2cccnc2)C(c2cccnc2)c2cccnc2)nc1. The molecule has 5 heteroatoms. The first-order chi connectivity index (χ1) is 12.9. The van der Waals surface area contributed by atoms with Crippen LogP contribution in [-0.2, 0) is 0 Å². The zero-order valence-corrected chi connectivity index (χ0v) is 14.1. The molecule has 0 aliphatic heterocycles. The van der Waals surface area contributed by atoms with Crippen molar-refractivity contribution in [3.8, 4) is 0 Å². The summed E-state index contributed by atoms with van der Waals surface area (Å²) in [5.74, 6) is 0.832. The van der Waals surface area contributed by atoms with Crippen molar-refractivity contribution in [1.82, 2.24) is 19.9 Å². The minimum atomic E-state index is -0.128. The average Bonchev–Trinajstić information content (AvgIpc) is 2.74. The van der Waals surface area contributed by atoms with Gasteiger partial charge in [0.15, 0.2) is 0 Å². The molecule has 0 fully saturated rings. The van der Waals surface area contributed by atoms with Crippen molar-refractivity contribution in [2.75, 3.05) is 4.90 Å². The number of hydrogen-bond donors (Lipinski definition) is 0. The Labute approximate surface area is 152 Å². The Kier molecular flexibility index (Phi) is 4.60. The van der Waals surface area contributed by atoms with Gasteiger partial charge < -0.3 is 4.90 Å². The predicted octanol–water partition coefficient (Wildman–Crippen LogP) is 4.19. The van der Waals surface area contributed by atoms with E-state index in [-0.39, 0.29) is 6.04 Å². The first-order valence-electron chi connectivity index (χ1n) is 8.33. The van der Waals surface area contributed by atoms with Crippen LogP contribution in [0.25, 0.3) is 0 Å². The van der Waals surface area contributed by atoms with E-state index in [1.807, 2.05) is 61.1 Å². The van der Waals surface area contributed by atoms with Crippen LogP contribution in [0.1, 0.15) is 17.2 Å². The van der Waals surface area contributed by atoms with E-state index < -0.39 is 0 Å². The molecule has 0 atom stereocenters. The highest BCUT2D eigenvalue weighted by atomic mass is 15.2. The highest BCUT2D eigenvalue weighted by Gasteiger charge is 2.25. The van der Waals surface area contributed by atoms with Crippen molar-refractivity contribution < 1.29 is 0 Å². The summed E-state index contributed by atoms with van der Waals surface area (Å²) in [6.07, 6.45) is 12.7. The number of nitrogens with zero attached hydrogens (tertiary/aromatic N) is 5. The molecule has 4 rings (SSSR count). The Morgan fingerprint density at radius 2 is 1.27 bits per heavy atom. The fourth-order valence-corrected chi connectivity index (χ4v) is 2.97. The number of hydrogen-bond acceptors (Lipinski definition) is 5. The van der Waals surface area contributed by atoms with Crippen LogP contribution in [0.4, 0.5) is 11.5 Å². The number of aromatic nitrogens is 4. The minimum Gasteiger partial charge on any atom is -0.313 e. The lowest BCUT2D eigenvalue weighted by Crippen LogP contribution is -2.26. The van der Waals surface area contributed by atoms with Crippen molar-refractivity contribution >= 4 is 11.5 Å². The van der Waals surface area contributed by atoms with Crippen LogP contribution in [0, 0.1) is 0 Å². The van der Waals surface area contributed by atoms with E-state index in [0.717, 1.165) is 22.6 Å². The van der Waals surface area contributed by atoms with Gasteiger partial charge in [0.25, 0.3) is 0 Å². The van der Waals surface area contributed by atoms with Crippen LogP contribution in [0.3, 0.4) is 0 Å². The maximum atomic E-state index is 4.58. The Hall–Kier alpha value is -3.60. The molecule has 4 heterocycles. The Balaban J connectivity index is 1.93. The zero-order valence-electron chi connectivity index (χ0n) is 14.1. The van der Waals surface area contributed by atoms with Crippen molar-refractivity contribution in [3.63, 3.8) is 0 Å². The molecule has 26 heavy (non-hydrogen) atoms. The third kappa shape index (κ3) is 3.28. The van der Waals surface area contributed by atoms with Gasteiger partial charge in [-0.25, -0.2) is 4.98 Å². The van der Waals surface area contributed by atoms with E-state index in [0.29, 0.717) is 0 Å². The summed E-state index contributed by atoms with van der Waals surface area (Å²) in [7, 11) is 0. The molecule has 0 aromatic carbocycles. The molecule has 0 saturated carbocycles. The van der Waals surface area contributed by atoms with Crippen molar-refractivity contribution in [3.05, 3.63) is 109 Å². The normalized spacial score (nSPS) is 10.7. The molecular formula is C21H17N5. The van der Waals surface area contributed by atoms with Crippen LogP contribution >= 0.6 is 0 Å². The summed E-state index contributed by atoms with van der Waals surface area (Å²) in [5.41, 5.74) is 3.05. The quantitative estimate of drug-likeness (QED) is 0.545. The van der Waals surface area contributed by atoms with Crippen molar-refractivity contribution in [2.24, 2.45) is 0 Å². The average molecular weight is 339 g/mol. The largest absolute Gasteiger partial charge is 0.313 e. The van der Waals surface area contributed by atoms with Crippen LogP contribution in [-0.4, -0.2) is 19.9 Å². The second-order valence-electron chi connectivity index (χ2n) is 5.74. The summed E-state index contributed by atoms with van der Waals surface area (Å²) >= 11 is 0. The first-order valence-corrected chi connectivity index (χ1v) is 8.33. The topological polar surface area (TPSA) is 54.8 Å². The predicted molar refractivity (Wildman–Crippen MR) is 101 cm³/mol. The van der Waals surface area contributed by atoms with Gasteiger partial charge in [0.1, 0.15) is 5.82 Å². The Morgan fingerprint density at radius 3 is 1.77 bits per heavy atom. The molecule has 0 saturated heterocycles. The maximum absolute atomic E-state index is 4.58. The molecule has 0 aliphatic carbocycles. The van der Waals surface area contributed by atoms with E-state index in [9.17, 15) is 0 Å². The molecule has 0 aliphatic rings. The molecule has 0 unspecified atom stereocenters. The van der Waals surface area contributed by atoms with Gasteiger partial charge in [0.05, 0.1) is 17.9 Å². The molecule has 0 radical (unpaired) electrons. The van der Waals surface area contributed by atoms with E-state index in [2.05, 4.69) is 37.0 Å². The fourth-order valence-electron chi connectivity index (χ4n) is 2.97. The summed E-state index contributed by atoms with van der Waals surface area (Å²) < 4.78 is 0. The highest BCUT2D eigenvalue weighted by molar-refractivity contribution is 5.63. The van der Waals surface area contributed by atoms with E-state index in [1.165, 1.54) is 0 Å². The molecule has 0 amide bonds. The van der Waals surface area contributed by atoms with Gasteiger partial charge in [-0.1, -0.05) is 18.2 Å². The van der Waals surface area contributed by atoms with Crippen LogP contribution in [0.5, 0.6) is 0 Å². The zero-order chi connectivity index (χ0) is 17.6. The minimum absolute atomic E-state index is 0.128. The molecule has 0 spiro atoms. The van der Waals surface area contributed by atoms with Crippen molar-refractivity contribution in [2.45, 2.75) is 6.04 Å². The third-order valence-electron chi connectivity index (χ3n) is 4.08. The van der Waals surface area contributed by atoms with Gasteiger partial charge in [0.2, 0.25) is 0 Å². The van der Waals surface area contributed by atoms with E-state index in [4.69, 9.17) is 0 Å². The van der Waals surface area contributed by atoms with Gasteiger partial charge in [-0.15, -0.1) is 0 Å². The van der Waals surface area contributed by atoms with Gasteiger partial charge in [-0.2, -0.15) is 0 Å². The van der Waals surface area contributed by atoms with Crippen LogP contribution in [0.2, 0.25) is 0 Å². The number of rotatable bonds is 5. The lowest BCUT2D eigenvalue weighted by atomic mass is 9.99. The monoisotopic (exact) mass is 339 g/mol. The van der Waals surface area contributed by atoms with Gasteiger partial charge in [0, 0.05) is 37.2 Å². The first kappa shape index (κ1) is 15.9. The smallest absolute Gasteiger partial charge is 0.133 e. The standard InChI is InChI=1S/C21H17N5/c1-2-13-25-20(9-1)26(19-8-5-12-24-16-19)21(17-6-3-10-22-14-17)18-7-4-11-23-15-18/h1-16,21H. The highest BCUT2D eigenvalue weighted by Crippen LogP contribution is 2.37. The van der Waals surface area contributed by atoms with Gasteiger partial charge in [-0.3, -0.25) is 15.0 Å². The lowest BCUT2D eigenvalue weighted by molar-refractivity contribution is 0.794. The van der Waals surface area contributed by atoms with E-state index >= 15 is 0 Å². The summed E-state index contributed by atoms with van der Waals surface area (Å²) in [4.78, 5) is 19.7.